The van der Waals surface area contributed by atoms with Gasteiger partial charge in [-0.2, -0.15) is 5.10 Å². The predicted octanol–water partition coefficient (Wildman–Crippen LogP) is 2.65. The number of pyridine rings is 1. The molecule has 0 bridgehead atoms. The molecule has 2 rings (SSSR count). The van der Waals surface area contributed by atoms with Crippen LogP contribution in [0.1, 0.15) is 33.1 Å². The van der Waals surface area contributed by atoms with E-state index in [1.807, 2.05) is 12.1 Å². The van der Waals surface area contributed by atoms with Gasteiger partial charge in [0, 0.05) is 12.2 Å². The van der Waals surface area contributed by atoms with Gasteiger partial charge in [0.2, 0.25) is 0 Å². The van der Waals surface area contributed by atoms with Gasteiger partial charge in [0.1, 0.15) is 12.7 Å². The van der Waals surface area contributed by atoms with Crippen LogP contribution in [0.5, 0.6) is 0 Å². The van der Waals surface area contributed by atoms with Gasteiger partial charge in [0.05, 0.1) is 5.69 Å². The molecule has 2 heterocycles. The Labute approximate surface area is 107 Å². The van der Waals surface area contributed by atoms with E-state index in [1.165, 1.54) is 19.2 Å². The zero-order chi connectivity index (χ0) is 12.8. The molecule has 0 radical (unpaired) electrons. The van der Waals surface area contributed by atoms with Crippen LogP contribution < -0.4 is 5.32 Å². The highest BCUT2D eigenvalue weighted by atomic mass is 15.3. The Morgan fingerprint density at radius 3 is 3.06 bits per heavy atom. The molecule has 0 aromatic carbocycles. The van der Waals surface area contributed by atoms with Crippen LogP contribution in [0.2, 0.25) is 0 Å². The summed E-state index contributed by atoms with van der Waals surface area (Å²) >= 11 is 0. The van der Waals surface area contributed by atoms with Gasteiger partial charge in [-0.3, -0.25) is 0 Å². The first-order valence-electron chi connectivity index (χ1n) is 6.37. The van der Waals surface area contributed by atoms with Gasteiger partial charge in [0.15, 0.2) is 5.82 Å². The lowest BCUT2D eigenvalue weighted by Gasteiger charge is -2.16. The van der Waals surface area contributed by atoms with Gasteiger partial charge >= 0.3 is 0 Å². The van der Waals surface area contributed by atoms with Crippen LogP contribution in [0, 0.1) is 0 Å². The first-order chi connectivity index (χ1) is 8.81. The number of anilines is 1. The summed E-state index contributed by atoms with van der Waals surface area (Å²) in [6, 6.07) is 4.37. The molecule has 0 aliphatic rings. The molecule has 1 unspecified atom stereocenters. The number of unbranched alkanes of at least 4 members (excludes halogenated alkanes) is 1. The Morgan fingerprint density at radius 1 is 1.44 bits per heavy atom. The smallest absolute Gasteiger partial charge is 0.178 e. The van der Waals surface area contributed by atoms with E-state index in [0.717, 1.165) is 17.9 Å². The SMILES string of the molecule is CCCCC(C)Nc1cccnc1-n1cncn1. The topological polar surface area (TPSA) is 55.6 Å². The fraction of sp³-hybridized carbons (Fsp3) is 0.462. The highest BCUT2D eigenvalue weighted by Crippen LogP contribution is 2.18. The summed E-state index contributed by atoms with van der Waals surface area (Å²) in [5.74, 6) is 0.790. The monoisotopic (exact) mass is 245 g/mol. The largest absolute Gasteiger partial charge is 0.380 e. The van der Waals surface area contributed by atoms with Crippen molar-refractivity contribution in [3.8, 4) is 5.82 Å². The second-order valence-corrected chi connectivity index (χ2v) is 4.40. The molecule has 0 aliphatic carbocycles. The first kappa shape index (κ1) is 12.5. The van der Waals surface area contributed by atoms with Crippen molar-refractivity contribution in [1.82, 2.24) is 19.7 Å². The van der Waals surface area contributed by atoms with E-state index in [-0.39, 0.29) is 0 Å². The molecule has 96 valence electrons. The van der Waals surface area contributed by atoms with E-state index in [2.05, 4.69) is 34.2 Å². The van der Waals surface area contributed by atoms with Crippen LogP contribution in [0.25, 0.3) is 5.82 Å². The van der Waals surface area contributed by atoms with Gasteiger partial charge in [-0.1, -0.05) is 19.8 Å². The minimum absolute atomic E-state index is 0.427. The van der Waals surface area contributed by atoms with Crippen molar-refractivity contribution < 1.29 is 0 Å². The number of nitrogens with zero attached hydrogens (tertiary/aromatic N) is 4. The summed E-state index contributed by atoms with van der Waals surface area (Å²) in [6.45, 7) is 4.39. The Hall–Kier alpha value is -1.91. The van der Waals surface area contributed by atoms with Crippen molar-refractivity contribution in [3.05, 3.63) is 31.0 Å². The standard InChI is InChI=1S/C13H19N5/c1-3-4-6-11(2)17-12-7-5-8-15-13(12)18-10-14-9-16-18/h5,7-11,17H,3-4,6H2,1-2H3. The minimum Gasteiger partial charge on any atom is -0.380 e. The van der Waals surface area contributed by atoms with Crippen LogP contribution in [-0.4, -0.2) is 25.8 Å². The van der Waals surface area contributed by atoms with Gasteiger partial charge in [-0.25, -0.2) is 14.6 Å². The molecule has 5 heteroatoms. The molecule has 0 spiro atoms. The molecular weight excluding hydrogens is 226 g/mol. The Morgan fingerprint density at radius 2 is 2.33 bits per heavy atom. The summed E-state index contributed by atoms with van der Waals surface area (Å²) in [4.78, 5) is 8.30. The molecular formula is C13H19N5. The van der Waals surface area contributed by atoms with Gasteiger partial charge in [-0.05, 0) is 25.5 Å². The molecule has 0 saturated carbocycles. The second-order valence-electron chi connectivity index (χ2n) is 4.40. The lowest BCUT2D eigenvalue weighted by atomic mass is 10.1. The van der Waals surface area contributed by atoms with Gasteiger partial charge in [-0.15, -0.1) is 0 Å². The fourth-order valence-corrected chi connectivity index (χ4v) is 1.86. The van der Waals surface area contributed by atoms with E-state index >= 15 is 0 Å². The van der Waals surface area contributed by atoms with Crippen molar-refractivity contribution in [3.63, 3.8) is 0 Å². The summed E-state index contributed by atoms with van der Waals surface area (Å²) in [5.41, 5.74) is 0.992. The van der Waals surface area contributed by atoms with E-state index in [4.69, 9.17) is 0 Å². The fourth-order valence-electron chi connectivity index (χ4n) is 1.86. The first-order valence-corrected chi connectivity index (χ1v) is 6.37. The Bertz CT molecular complexity index is 466. The van der Waals surface area contributed by atoms with Crippen molar-refractivity contribution in [1.29, 1.82) is 0 Å². The van der Waals surface area contributed by atoms with Crippen molar-refractivity contribution in [2.75, 3.05) is 5.32 Å². The average molecular weight is 245 g/mol. The van der Waals surface area contributed by atoms with E-state index < -0.39 is 0 Å². The Balaban J connectivity index is 2.13. The summed E-state index contributed by atoms with van der Waals surface area (Å²) < 4.78 is 1.68. The molecule has 2 aromatic heterocycles. The number of hydrogen-bond acceptors (Lipinski definition) is 4. The van der Waals surface area contributed by atoms with Gasteiger partial charge in [0.25, 0.3) is 0 Å². The molecule has 2 aromatic rings. The number of rotatable bonds is 6. The lowest BCUT2D eigenvalue weighted by molar-refractivity contribution is 0.644. The molecule has 0 saturated heterocycles. The van der Waals surface area contributed by atoms with Gasteiger partial charge < -0.3 is 5.32 Å². The molecule has 0 fully saturated rings. The Kier molecular flexibility index (Phi) is 4.28. The van der Waals surface area contributed by atoms with Crippen molar-refractivity contribution in [2.24, 2.45) is 0 Å². The molecule has 1 N–H and O–H groups in total. The van der Waals surface area contributed by atoms with Crippen LogP contribution >= 0.6 is 0 Å². The third-order valence-corrected chi connectivity index (χ3v) is 2.82. The minimum atomic E-state index is 0.427. The lowest BCUT2D eigenvalue weighted by Crippen LogP contribution is -2.17. The van der Waals surface area contributed by atoms with E-state index in [1.54, 1.807) is 17.2 Å². The molecule has 0 amide bonds. The normalized spacial score (nSPS) is 12.3. The number of nitrogens with one attached hydrogen (secondary N) is 1. The zero-order valence-electron chi connectivity index (χ0n) is 10.9. The summed E-state index contributed by atoms with van der Waals surface area (Å²) in [7, 11) is 0. The van der Waals surface area contributed by atoms with E-state index in [9.17, 15) is 0 Å². The number of hydrogen-bond donors (Lipinski definition) is 1. The highest BCUT2D eigenvalue weighted by Gasteiger charge is 2.08. The second kappa shape index (κ2) is 6.14. The molecule has 0 aliphatic heterocycles. The maximum atomic E-state index is 4.35. The van der Waals surface area contributed by atoms with Crippen molar-refractivity contribution >= 4 is 5.69 Å². The quantitative estimate of drug-likeness (QED) is 0.850. The number of aromatic nitrogens is 4. The maximum Gasteiger partial charge on any atom is 0.178 e. The summed E-state index contributed by atoms with van der Waals surface area (Å²) in [6.07, 6.45) is 8.53. The zero-order valence-corrected chi connectivity index (χ0v) is 10.9. The third-order valence-electron chi connectivity index (χ3n) is 2.82. The molecule has 1 atom stereocenters. The van der Waals surface area contributed by atoms with Crippen LogP contribution in [0.15, 0.2) is 31.0 Å². The van der Waals surface area contributed by atoms with Crippen LogP contribution in [-0.2, 0) is 0 Å². The average Bonchev–Trinajstić information content (AvgIpc) is 2.91. The van der Waals surface area contributed by atoms with Crippen LogP contribution in [0.4, 0.5) is 5.69 Å². The summed E-state index contributed by atoms with van der Waals surface area (Å²) in [5, 5.41) is 7.60. The molecule has 18 heavy (non-hydrogen) atoms. The third kappa shape index (κ3) is 3.06. The van der Waals surface area contributed by atoms with E-state index in [0.29, 0.717) is 6.04 Å². The van der Waals surface area contributed by atoms with Crippen molar-refractivity contribution in [2.45, 2.75) is 39.2 Å². The highest BCUT2D eigenvalue weighted by molar-refractivity contribution is 5.56. The molecule has 5 nitrogen and oxygen atoms in total. The van der Waals surface area contributed by atoms with Crippen LogP contribution in [0.3, 0.4) is 0 Å². The maximum absolute atomic E-state index is 4.35. The predicted molar refractivity (Wildman–Crippen MR) is 71.8 cm³/mol.